The van der Waals surface area contributed by atoms with Gasteiger partial charge in [-0.25, -0.2) is 0 Å². The zero-order chi connectivity index (χ0) is 18.5. The van der Waals surface area contributed by atoms with Crippen LogP contribution in [0.25, 0.3) is 10.8 Å². The fourth-order valence-corrected chi connectivity index (χ4v) is 3.60. The number of nitrogen functional groups attached to an aromatic ring is 1. The molecule has 2 aromatic rings. The number of phenols is 1. The fourth-order valence-electron chi connectivity index (χ4n) is 3.49. The number of fused-ring (bicyclic) bond motifs is 1. The maximum absolute atomic E-state index is 12.8. The predicted molar refractivity (Wildman–Crippen MR) is 105 cm³/mol. The smallest absolute Gasteiger partial charge is 0.255 e. The Morgan fingerprint density at radius 2 is 2.08 bits per heavy atom. The van der Waals surface area contributed by atoms with E-state index in [4.69, 9.17) is 22.1 Å². The van der Waals surface area contributed by atoms with Gasteiger partial charge in [0.2, 0.25) is 0 Å². The molecule has 0 bridgehead atoms. The van der Waals surface area contributed by atoms with Crippen LogP contribution in [0, 0.1) is 0 Å². The second kappa shape index (κ2) is 8.49. The van der Waals surface area contributed by atoms with Crippen molar-refractivity contribution < 1.29 is 14.6 Å². The van der Waals surface area contributed by atoms with Gasteiger partial charge in [-0.05, 0) is 31.4 Å². The maximum atomic E-state index is 12.8. The average Bonchev–Trinajstić information content (AvgIpc) is 2.64. The first kappa shape index (κ1) is 18.6. The summed E-state index contributed by atoms with van der Waals surface area (Å²) in [5.41, 5.74) is 6.80. The minimum atomic E-state index is -0.277. The van der Waals surface area contributed by atoms with Crippen molar-refractivity contribution in [2.75, 3.05) is 18.2 Å². The van der Waals surface area contributed by atoms with Gasteiger partial charge in [0, 0.05) is 23.0 Å². The van der Waals surface area contributed by atoms with Gasteiger partial charge in [-0.1, -0.05) is 31.4 Å². The number of hydrogen-bond acceptors (Lipinski definition) is 4. The van der Waals surface area contributed by atoms with Crippen molar-refractivity contribution in [3.63, 3.8) is 0 Å². The molecule has 0 unspecified atom stereocenters. The summed E-state index contributed by atoms with van der Waals surface area (Å²) in [6.07, 6.45) is 6.10. The topological polar surface area (TPSA) is 84.6 Å². The van der Waals surface area contributed by atoms with Crippen molar-refractivity contribution in [3.05, 3.63) is 29.8 Å². The molecule has 0 aromatic heterocycles. The lowest BCUT2D eigenvalue weighted by Crippen LogP contribution is -2.36. The third-order valence-corrected chi connectivity index (χ3v) is 5.12. The second-order valence-corrected chi connectivity index (χ2v) is 7.12. The summed E-state index contributed by atoms with van der Waals surface area (Å²) >= 11 is 5.72. The normalized spacial score (nSPS) is 15.1. The number of carbonyl (C=O) groups excluding carboxylic acids is 1. The lowest BCUT2D eigenvalue weighted by atomic mass is 9.95. The summed E-state index contributed by atoms with van der Waals surface area (Å²) in [4.78, 5) is 12.8. The lowest BCUT2D eigenvalue weighted by molar-refractivity contribution is 0.0925. The molecule has 0 saturated heterocycles. The van der Waals surface area contributed by atoms with Crippen LogP contribution < -0.4 is 15.8 Å². The van der Waals surface area contributed by atoms with E-state index in [1.165, 1.54) is 6.42 Å². The number of halogens is 1. The SMILES string of the molecule is Nc1cccc2c(O)c(C(=O)NC3CCCCC3)cc(OCCCCl)c12. The highest BCUT2D eigenvalue weighted by molar-refractivity contribution is 6.17. The molecular weight excluding hydrogens is 352 g/mol. The molecule has 26 heavy (non-hydrogen) atoms. The number of nitrogens with two attached hydrogens (primary N) is 1. The highest BCUT2D eigenvalue weighted by Crippen LogP contribution is 2.39. The van der Waals surface area contributed by atoms with Crippen LogP contribution in [-0.4, -0.2) is 29.5 Å². The van der Waals surface area contributed by atoms with Crippen LogP contribution >= 0.6 is 11.6 Å². The van der Waals surface area contributed by atoms with E-state index >= 15 is 0 Å². The van der Waals surface area contributed by atoms with Gasteiger partial charge >= 0.3 is 0 Å². The lowest BCUT2D eigenvalue weighted by Gasteiger charge is -2.23. The molecule has 140 valence electrons. The first-order valence-electron chi connectivity index (χ1n) is 9.15. The largest absolute Gasteiger partial charge is 0.506 e. The van der Waals surface area contributed by atoms with E-state index in [0.717, 1.165) is 25.7 Å². The Labute approximate surface area is 158 Å². The molecule has 3 rings (SSSR count). The maximum Gasteiger partial charge on any atom is 0.255 e. The van der Waals surface area contributed by atoms with Crippen LogP contribution in [0.1, 0.15) is 48.9 Å². The van der Waals surface area contributed by atoms with E-state index in [9.17, 15) is 9.90 Å². The molecule has 0 spiro atoms. The summed E-state index contributed by atoms with van der Waals surface area (Å²) in [5, 5.41) is 14.9. The van der Waals surface area contributed by atoms with Crippen LogP contribution in [-0.2, 0) is 0 Å². The molecular formula is C20H25ClN2O3. The van der Waals surface area contributed by atoms with E-state index < -0.39 is 0 Å². The van der Waals surface area contributed by atoms with Gasteiger partial charge in [-0.2, -0.15) is 0 Å². The highest BCUT2D eigenvalue weighted by atomic mass is 35.5. The third kappa shape index (κ3) is 3.98. The number of anilines is 1. The molecule has 1 aliphatic carbocycles. The van der Waals surface area contributed by atoms with Crippen molar-refractivity contribution in [1.82, 2.24) is 5.32 Å². The average molecular weight is 377 g/mol. The van der Waals surface area contributed by atoms with Gasteiger partial charge in [0.1, 0.15) is 11.5 Å². The standard InChI is InChI=1S/C20H25ClN2O3/c21-10-5-11-26-17-12-15(20(25)23-13-6-2-1-3-7-13)19(24)14-8-4-9-16(22)18(14)17/h4,8-9,12-13,24H,1-3,5-7,10-11,22H2,(H,23,25). The van der Waals surface area contributed by atoms with E-state index in [1.807, 2.05) is 0 Å². The van der Waals surface area contributed by atoms with Crippen LogP contribution in [0.15, 0.2) is 24.3 Å². The highest BCUT2D eigenvalue weighted by Gasteiger charge is 2.22. The number of amides is 1. The number of alkyl halides is 1. The van der Waals surface area contributed by atoms with Gasteiger partial charge in [-0.3, -0.25) is 4.79 Å². The Morgan fingerprint density at radius 1 is 1.31 bits per heavy atom. The number of aromatic hydroxyl groups is 1. The molecule has 1 aliphatic rings. The van der Waals surface area contributed by atoms with Gasteiger partial charge in [0.25, 0.3) is 5.91 Å². The van der Waals surface area contributed by atoms with E-state index in [-0.39, 0.29) is 23.3 Å². The molecule has 6 heteroatoms. The van der Waals surface area contributed by atoms with Gasteiger partial charge < -0.3 is 20.9 Å². The summed E-state index contributed by atoms with van der Waals surface area (Å²) < 4.78 is 5.82. The summed E-state index contributed by atoms with van der Waals surface area (Å²) in [6.45, 7) is 0.418. The molecule has 0 heterocycles. The third-order valence-electron chi connectivity index (χ3n) is 4.85. The minimum absolute atomic E-state index is 0.0645. The van der Waals surface area contributed by atoms with Crippen molar-refractivity contribution in [2.24, 2.45) is 0 Å². The first-order valence-corrected chi connectivity index (χ1v) is 9.69. The Bertz CT molecular complexity index is 788. The molecule has 0 atom stereocenters. The number of benzene rings is 2. The van der Waals surface area contributed by atoms with Gasteiger partial charge in [-0.15, -0.1) is 11.6 Å². The number of hydrogen-bond donors (Lipinski definition) is 3. The first-order chi connectivity index (χ1) is 12.6. The summed E-state index contributed by atoms with van der Waals surface area (Å²) in [7, 11) is 0. The monoisotopic (exact) mass is 376 g/mol. The van der Waals surface area contributed by atoms with Crippen molar-refractivity contribution in [3.8, 4) is 11.5 Å². The van der Waals surface area contributed by atoms with E-state index in [1.54, 1.807) is 24.3 Å². The zero-order valence-corrected chi connectivity index (χ0v) is 15.5. The van der Waals surface area contributed by atoms with Crippen molar-refractivity contribution in [1.29, 1.82) is 0 Å². The molecule has 1 fully saturated rings. The second-order valence-electron chi connectivity index (χ2n) is 6.74. The predicted octanol–water partition coefficient (Wildman–Crippen LogP) is 4.20. The number of phenolic OH excluding ortho intramolecular Hbond substituents is 1. The van der Waals surface area contributed by atoms with E-state index in [0.29, 0.717) is 41.1 Å². The molecule has 1 amide bonds. The van der Waals surface area contributed by atoms with Gasteiger partial charge in [0.15, 0.2) is 0 Å². The van der Waals surface area contributed by atoms with Crippen LogP contribution in [0.5, 0.6) is 11.5 Å². The molecule has 0 radical (unpaired) electrons. The van der Waals surface area contributed by atoms with Crippen LogP contribution in [0.2, 0.25) is 0 Å². The van der Waals surface area contributed by atoms with Gasteiger partial charge in [0.05, 0.1) is 17.6 Å². The number of rotatable bonds is 6. The Hall–Kier alpha value is -2.14. The van der Waals surface area contributed by atoms with Crippen molar-refractivity contribution in [2.45, 2.75) is 44.6 Å². The minimum Gasteiger partial charge on any atom is -0.506 e. The summed E-state index contributed by atoms with van der Waals surface area (Å²) in [5.74, 6) is 0.640. The molecule has 5 nitrogen and oxygen atoms in total. The quantitative estimate of drug-likeness (QED) is 0.400. The number of ether oxygens (including phenoxy) is 1. The number of nitrogens with one attached hydrogen (secondary N) is 1. The molecule has 1 saturated carbocycles. The Kier molecular flexibility index (Phi) is 6.09. The summed E-state index contributed by atoms with van der Waals surface area (Å²) in [6, 6.07) is 6.99. The molecule has 4 N–H and O–H groups in total. The fraction of sp³-hybridized carbons (Fsp3) is 0.450. The molecule has 2 aromatic carbocycles. The number of carbonyl (C=O) groups is 1. The Balaban J connectivity index is 1.96. The van der Waals surface area contributed by atoms with Crippen LogP contribution in [0.4, 0.5) is 5.69 Å². The van der Waals surface area contributed by atoms with Crippen LogP contribution in [0.3, 0.4) is 0 Å². The van der Waals surface area contributed by atoms with E-state index in [2.05, 4.69) is 5.32 Å². The van der Waals surface area contributed by atoms with Crippen molar-refractivity contribution >= 4 is 34.0 Å². The molecule has 0 aliphatic heterocycles. The Morgan fingerprint density at radius 3 is 2.81 bits per heavy atom. The zero-order valence-electron chi connectivity index (χ0n) is 14.8.